The van der Waals surface area contributed by atoms with Crippen molar-refractivity contribution < 1.29 is 14.3 Å². The first kappa shape index (κ1) is 26.3. The van der Waals surface area contributed by atoms with Crippen molar-refractivity contribution in [2.45, 2.75) is 95.6 Å². The standard InChI is InChI=1S/C24H48O3/c1-15(2)22(13,16(3)4)23(17(5)6,18(7)8)24(19(9)10,20(11)12)27-21(25)26-14/h15-20H,1-14H3. The van der Waals surface area contributed by atoms with E-state index in [2.05, 4.69) is 90.0 Å². The Bertz CT molecular complexity index is 448. The van der Waals surface area contributed by atoms with Crippen LogP contribution in [0.4, 0.5) is 4.79 Å². The maximum absolute atomic E-state index is 12.6. The zero-order valence-electron chi connectivity index (χ0n) is 20.7. The van der Waals surface area contributed by atoms with Crippen LogP contribution in [0, 0.1) is 46.3 Å². The first-order chi connectivity index (χ1) is 12.1. The Morgan fingerprint density at radius 2 is 0.963 bits per heavy atom. The van der Waals surface area contributed by atoms with Crippen molar-refractivity contribution in [1.82, 2.24) is 0 Å². The van der Waals surface area contributed by atoms with Crippen molar-refractivity contribution in [1.29, 1.82) is 0 Å². The lowest BCUT2D eigenvalue weighted by Gasteiger charge is -2.68. The molecule has 0 aliphatic heterocycles. The van der Waals surface area contributed by atoms with E-state index in [-0.39, 0.29) is 22.7 Å². The van der Waals surface area contributed by atoms with Gasteiger partial charge in [0.05, 0.1) is 7.11 Å². The summed E-state index contributed by atoms with van der Waals surface area (Å²) in [5, 5.41) is 0. The lowest BCUT2D eigenvalue weighted by Crippen LogP contribution is -2.71. The molecule has 162 valence electrons. The Kier molecular flexibility index (Phi) is 8.93. The van der Waals surface area contributed by atoms with Gasteiger partial charge in [0, 0.05) is 5.41 Å². The number of ether oxygens (including phenoxy) is 2. The Hall–Kier alpha value is -0.730. The van der Waals surface area contributed by atoms with Crippen LogP contribution in [0.2, 0.25) is 0 Å². The summed E-state index contributed by atoms with van der Waals surface area (Å²) in [6.07, 6.45) is -0.571. The summed E-state index contributed by atoms with van der Waals surface area (Å²) >= 11 is 0. The van der Waals surface area contributed by atoms with E-state index in [1.54, 1.807) is 0 Å². The van der Waals surface area contributed by atoms with Crippen LogP contribution in [0.5, 0.6) is 0 Å². The average molecular weight is 385 g/mol. The van der Waals surface area contributed by atoms with E-state index >= 15 is 0 Å². The molecule has 0 amide bonds. The van der Waals surface area contributed by atoms with Gasteiger partial charge in [-0.05, 0) is 40.9 Å². The van der Waals surface area contributed by atoms with E-state index in [9.17, 15) is 4.79 Å². The summed E-state index contributed by atoms with van der Waals surface area (Å²) < 4.78 is 11.4. The Labute approximate surface area is 170 Å². The first-order valence-corrected chi connectivity index (χ1v) is 10.9. The summed E-state index contributed by atoms with van der Waals surface area (Å²) in [5.74, 6) is 1.81. The van der Waals surface area contributed by atoms with Crippen LogP contribution in [0.25, 0.3) is 0 Å². The lowest BCUT2D eigenvalue weighted by atomic mass is 9.38. The SMILES string of the molecule is COC(=O)OC(C(C)C)(C(C)C)C(C(C)C)(C(C)C)C(C)(C(C)C)C(C)C. The second kappa shape index (κ2) is 9.18. The van der Waals surface area contributed by atoms with Crippen LogP contribution in [0.1, 0.15) is 90.0 Å². The van der Waals surface area contributed by atoms with E-state index < -0.39 is 11.8 Å². The molecule has 0 saturated carbocycles. The molecule has 0 aliphatic rings. The molecule has 0 aromatic rings. The molecule has 0 unspecified atom stereocenters. The van der Waals surface area contributed by atoms with Crippen LogP contribution in [0.15, 0.2) is 0 Å². The molecule has 0 aliphatic carbocycles. The van der Waals surface area contributed by atoms with Crippen molar-refractivity contribution in [2.75, 3.05) is 7.11 Å². The summed E-state index contributed by atoms with van der Waals surface area (Å²) in [6.45, 7) is 29.7. The maximum Gasteiger partial charge on any atom is 0.508 e. The number of carbonyl (C=O) groups is 1. The fourth-order valence-corrected chi connectivity index (χ4v) is 6.98. The van der Waals surface area contributed by atoms with Gasteiger partial charge in [0.1, 0.15) is 5.60 Å². The summed E-state index contributed by atoms with van der Waals surface area (Å²) in [7, 11) is 1.41. The fraction of sp³-hybridized carbons (Fsp3) is 0.958. The fourth-order valence-electron chi connectivity index (χ4n) is 6.98. The smallest absolute Gasteiger partial charge is 0.438 e. The van der Waals surface area contributed by atoms with E-state index in [4.69, 9.17) is 9.47 Å². The number of rotatable bonds is 9. The molecule has 3 nitrogen and oxygen atoms in total. The number of carbonyl (C=O) groups excluding carboxylic acids is 1. The van der Waals surface area contributed by atoms with Crippen LogP contribution in [0.3, 0.4) is 0 Å². The second-order valence-electron chi connectivity index (χ2n) is 10.4. The van der Waals surface area contributed by atoms with Gasteiger partial charge in [-0.3, -0.25) is 0 Å². The highest BCUT2D eigenvalue weighted by molar-refractivity contribution is 5.60. The molecule has 0 heterocycles. The van der Waals surface area contributed by atoms with Gasteiger partial charge in [-0.2, -0.15) is 0 Å². The molecule has 3 heteroatoms. The summed E-state index contributed by atoms with van der Waals surface area (Å²) in [6, 6.07) is 0. The molecule has 0 aromatic heterocycles. The van der Waals surface area contributed by atoms with E-state index in [1.165, 1.54) is 7.11 Å². The highest BCUT2D eigenvalue weighted by atomic mass is 16.7. The summed E-state index contributed by atoms with van der Waals surface area (Å²) in [4.78, 5) is 12.6. The minimum atomic E-state index is -0.647. The van der Waals surface area contributed by atoms with Gasteiger partial charge in [0.25, 0.3) is 0 Å². The largest absolute Gasteiger partial charge is 0.508 e. The Morgan fingerprint density at radius 1 is 0.630 bits per heavy atom. The number of hydrogen-bond acceptors (Lipinski definition) is 3. The molecule has 0 radical (unpaired) electrons. The molecule has 0 aromatic carbocycles. The van der Waals surface area contributed by atoms with Gasteiger partial charge in [-0.1, -0.05) is 90.0 Å². The normalized spacial score (nSPS) is 14.2. The van der Waals surface area contributed by atoms with Crippen LogP contribution in [-0.4, -0.2) is 18.9 Å². The molecular formula is C24H48O3. The monoisotopic (exact) mass is 384 g/mol. The van der Waals surface area contributed by atoms with Crippen molar-refractivity contribution in [3.63, 3.8) is 0 Å². The molecule has 0 saturated heterocycles. The van der Waals surface area contributed by atoms with Gasteiger partial charge in [-0.25, -0.2) is 4.79 Å². The summed E-state index contributed by atoms with van der Waals surface area (Å²) in [5.41, 5.74) is -0.928. The molecule has 0 N–H and O–H groups in total. The van der Waals surface area contributed by atoms with Gasteiger partial charge in [0.2, 0.25) is 0 Å². The van der Waals surface area contributed by atoms with Crippen molar-refractivity contribution in [3.05, 3.63) is 0 Å². The van der Waals surface area contributed by atoms with E-state index in [0.29, 0.717) is 23.7 Å². The van der Waals surface area contributed by atoms with Gasteiger partial charge < -0.3 is 9.47 Å². The molecular weight excluding hydrogens is 336 g/mol. The molecule has 0 fully saturated rings. The molecule has 0 rings (SSSR count). The third kappa shape index (κ3) is 3.77. The van der Waals surface area contributed by atoms with Gasteiger partial charge in [-0.15, -0.1) is 0 Å². The van der Waals surface area contributed by atoms with Crippen molar-refractivity contribution in [3.8, 4) is 0 Å². The minimum absolute atomic E-state index is 0.0438. The Morgan fingerprint density at radius 3 is 1.15 bits per heavy atom. The maximum atomic E-state index is 12.6. The lowest BCUT2D eigenvalue weighted by molar-refractivity contribution is -0.268. The number of hydrogen-bond donors (Lipinski definition) is 0. The van der Waals surface area contributed by atoms with Crippen LogP contribution < -0.4 is 0 Å². The highest BCUT2D eigenvalue weighted by Crippen LogP contribution is 2.67. The molecule has 0 bridgehead atoms. The average Bonchev–Trinajstić information content (AvgIpc) is 2.51. The van der Waals surface area contributed by atoms with Gasteiger partial charge in [0.15, 0.2) is 0 Å². The third-order valence-corrected chi connectivity index (χ3v) is 7.89. The Balaban J connectivity index is 7.47. The van der Waals surface area contributed by atoms with Crippen molar-refractivity contribution >= 4 is 6.16 Å². The first-order valence-electron chi connectivity index (χ1n) is 10.9. The van der Waals surface area contributed by atoms with Crippen LogP contribution >= 0.6 is 0 Å². The third-order valence-electron chi connectivity index (χ3n) is 7.89. The zero-order chi connectivity index (χ0) is 22.0. The van der Waals surface area contributed by atoms with Crippen molar-refractivity contribution in [2.24, 2.45) is 46.3 Å². The molecule has 0 spiro atoms. The molecule has 27 heavy (non-hydrogen) atoms. The topological polar surface area (TPSA) is 35.5 Å². The quantitative estimate of drug-likeness (QED) is 0.387. The zero-order valence-corrected chi connectivity index (χ0v) is 20.7. The minimum Gasteiger partial charge on any atom is -0.438 e. The highest BCUT2D eigenvalue weighted by Gasteiger charge is 2.69. The van der Waals surface area contributed by atoms with Gasteiger partial charge >= 0.3 is 6.16 Å². The molecule has 0 atom stereocenters. The number of methoxy groups -OCH3 is 1. The van der Waals surface area contributed by atoms with Crippen LogP contribution in [-0.2, 0) is 9.47 Å². The predicted octanol–water partition coefficient (Wildman–Crippen LogP) is 7.44. The van der Waals surface area contributed by atoms with E-state index in [1.807, 2.05) is 0 Å². The predicted molar refractivity (Wildman–Crippen MR) is 116 cm³/mol. The second-order valence-corrected chi connectivity index (χ2v) is 10.4. The van der Waals surface area contributed by atoms with E-state index in [0.717, 1.165) is 0 Å².